The minimum atomic E-state index is -0.489. The third-order valence-electron chi connectivity index (χ3n) is 1.43. The second-order valence-electron chi connectivity index (χ2n) is 2.36. The van der Waals surface area contributed by atoms with E-state index in [9.17, 15) is 9.59 Å². The van der Waals surface area contributed by atoms with Gasteiger partial charge in [-0.05, 0) is 31.9 Å². The number of esters is 1. The van der Waals surface area contributed by atoms with Gasteiger partial charge in [0.05, 0.1) is 7.11 Å². The molecule has 0 spiro atoms. The van der Waals surface area contributed by atoms with Gasteiger partial charge in [-0.25, -0.2) is 4.98 Å². The largest absolute Gasteiger partial charge is 0.468 e. The zero-order chi connectivity index (χ0) is 10.7. The third-order valence-corrected chi connectivity index (χ3v) is 2.33. The van der Waals surface area contributed by atoms with Crippen molar-refractivity contribution in [3.63, 3.8) is 0 Å². The molecule has 0 atom stereocenters. The molecule has 0 aliphatic rings. The Morgan fingerprint density at radius 2 is 2.29 bits per heavy atom. The van der Waals surface area contributed by atoms with Crippen LogP contribution in [-0.2, 0) is 16.1 Å². The minimum Gasteiger partial charge on any atom is -0.468 e. The number of carbonyl (C=O) groups is 1. The van der Waals surface area contributed by atoms with Crippen molar-refractivity contribution in [3.05, 3.63) is 25.8 Å². The Bertz CT molecular complexity index is 416. The van der Waals surface area contributed by atoms with E-state index in [4.69, 9.17) is 0 Å². The highest BCUT2D eigenvalue weighted by atomic mass is 79.9. The fourth-order valence-electron chi connectivity index (χ4n) is 0.797. The van der Waals surface area contributed by atoms with Gasteiger partial charge in [0.15, 0.2) is 4.60 Å². The Balaban J connectivity index is 3.09. The summed E-state index contributed by atoms with van der Waals surface area (Å²) in [7, 11) is 1.26. The molecule has 5 nitrogen and oxygen atoms in total. The van der Waals surface area contributed by atoms with Gasteiger partial charge >= 0.3 is 5.97 Å². The van der Waals surface area contributed by atoms with Crippen LogP contribution in [0.2, 0.25) is 0 Å². The van der Waals surface area contributed by atoms with E-state index < -0.39 is 5.97 Å². The van der Waals surface area contributed by atoms with Gasteiger partial charge in [0.25, 0.3) is 5.56 Å². The van der Waals surface area contributed by atoms with Crippen LogP contribution in [0.15, 0.2) is 20.2 Å². The first-order valence-corrected chi connectivity index (χ1v) is 5.12. The maximum Gasteiger partial charge on any atom is 0.325 e. The number of hydrogen-bond acceptors (Lipinski definition) is 4. The maximum atomic E-state index is 11.4. The summed E-state index contributed by atoms with van der Waals surface area (Å²) in [5.41, 5.74) is -0.376. The van der Waals surface area contributed by atoms with Crippen molar-refractivity contribution >= 4 is 37.8 Å². The van der Waals surface area contributed by atoms with Crippen molar-refractivity contribution in [1.82, 2.24) is 9.55 Å². The summed E-state index contributed by atoms with van der Waals surface area (Å²) >= 11 is 6.09. The number of carbonyl (C=O) groups excluding carboxylic acids is 1. The quantitative estimate of drug-likeness (QED) is 0.759. The van der Waals surface area contributed by atoms with Crippen molar-refractivity contribution in [3.8, 4) is 0 Å². The second kappa shape index (κ2) is 4.70. The highest BCUT2D eigenvalue weighted by molar-refractivity contribution is 9.11. The number of rotatable bonds is 2. The van der Waals surface area contributed by atoms with E-state index in [0.717, 1.165) is 0 Å². The van der Waals surface area contributed by atoms with Crippen LogP contribution in [0.5, 0.6) is 0 Å². The van der Waals surface area contributed by atoms with Gasteiger partial charge in [-0.3, -0.25) is 14.2 Å². The SMILES string of the molecule is COC(=O)Cn1cc(Br)nc(Br)c1=O. The molecule has 0 aliphatic heterocycles. The van der Waals surface area contributed by atoms with Gasteiger partial charge in [-0.15, -0.1) is 0 Å². The molecule has 7 heteroatoms. The molecule has 1 aromatic heterocycles. The van der Waals surface area contributed by atoms with E-state index >= 15 is 0 Å². The lowest BCUT2D eigenvalue weighted by molar-refractivity contribution is -0.141. The zero-order valence-corrected chi connectivity index (χ0v) is 10.3. The number of methoxy groups -OCH3 is 1. The molecule has 0 unspecified atom stereocenters. The Labute approximate surface area is 96.3 Å². The summed E-state index contributed by atoms with van der Waals surface area (Å²) in [6, 6.07) is 0. The number of aromatic nitrogens is 2. The van der Waals surface area contributed by atoms with Crippen LogP contribution in [0, 0.1) is 0 Å². The molecule has 0 amide bonds. The monoisotopic (exact) mass is 324 g/mol. The Kier molecular flexibility index (Phi) is 3.82. The molecule has 0 aromatic carbocycles. The molecule has 14 heavy (non-hydrogen) atoms. The van der Waals surface area contributed by atoms with E-state index in [0.29, 0.717) is 4.60 Å². The average molecular weight is 326 g/mol. The Hall–Kier alpha value is -0.690. The summed E-state index contributed by atoms with van der Waals surface area (Å²) in [5, 5.41) is 0. The normalized spacial score (nSPS) is 9.93. The van der Waals surface area contributed by atoms with Crippen LogP contribution in [0.25, 0.3) is 0 Å². The molecule has 0 aliphatic carbocycles. The second-order valence-corrected chi connectivity index (χ2v) is 3.93. The molecule has 0 fully saturated rings. The molecular formula is C7H6Br2N2O3. The topological polar surface area (TPSA) is 61.2 Å². The summed E-state index contributed by atoms with van der Waals surface area (Å²) < 4.78 is 6.26. The molecule has 0 saturated carbocycles. The lowest BCUT2D eigenvalue weighted by atomic mass is 10.6. The zero-order valence-electron chi connectivity index (χ0n) is 7.16. The van der Waals surface area contributed by atoms with Gasteiger partial charge in [0.1, 0.15) is 11.1 Å². The molecule has 0 radical (unpaired) electrons. The highest BCUT2D eigenvalue weighted by Gasteiger charge is 2.08. The van der Waals surface area contributed by atoms with Gasteiger partial charge in [0, 0.05) is 6.20 Å². The molecule has 0 saturated heterocycles. The summed E-state index contributed by atoms with van der Waals surface area (Å²) in [5.74, 6) is -0.489. The Morgan fingerprint density at radius 3 is 2.86 bits per heavy atom. The van der Waals surface area contributed by atoms with Crippen LogP contribution in [-0.4, -0.2) is 22.6 Å². The van der Waals surface area contributed by atoms with Gasteiger partial charge in [-0.1, -0.05) is 0 Å². The third kappa shape index (κ3) is 2.65. The predicted octanol–water partition coefficient (Wildman–Crippen LogP) is 0.941. The predicted molar refractivity (Wildman–Crippen MR) is 55.9 cm³/mol. The molecule has 0 bridgehead atoms. The fourth-order valence-corrected chi connectivity index (χ4v) is 1.88. The number of ether oxygens (including phenoxy) is 1. The number of hydrogen-bond donors (Lipinski definition) is 0. The van der Waals surface area contributed by atoms with E-state index in [2.05, 4.69) is 41.6 Å². The number of halogens is 2. The lowest BCUT2D eigenvalue weighted by Gasteiger charge is -2.04. The first kappa shape index (κ1) is 11.4. The lowest BCUT2D eigenvalue weighted by Crippen LogP contribution is -2.25. The molecule has 1 rings (SSSR count). The summed E-state index contributed by atoms with van der Waals surface area (Å²) in [6.07, 6.45) is 1.42. The van der Waals surface area contributed by atoms with E-state index in [-0.39, 0.29) is 16.7 Å². The van der Waals surface area contributed by atoms with Crippen LogP contribution in [0.4, 0.5) is 0 Å². The van der Waals surface area contributed by atoms with E-state index in [1.54, 1.807) is 0 Å². The standard InChI is InChI=1S/C7H6Br2N2O3/c1-14-5(12)3-11-2-4(8)10-6(9)7(11)13/h2H,3H2,1H3. The Morgan fingerprint density at radius 1 is 1.64 bits per heavy atom. The van der Waals surface area contributed by atoms with E-state index in [1.807, 2.05) is 0 Å². The first-order valence-electron chi connectivity index (χ1n) is 3.54. The highest BCUT2D eigenvalue weighted by Crippen LogP contribution is 2.07. The van der Waals surface area contributed by atoms with Crippen LogP contribution >= 0.6 is 31.9 Å². The van der Waals surface area contributed by atoms with Crippen LogP contribution < -0.4 is 5.56 Å². The molecule has 76 valence electrons. The average Bonchev–Trinajstić information content (AvgIpc) is 2.13. The van der Waals surface area contributed by atoms with Crippen molar-refractivity contribution in [2.45, 2.75) is 6.54 Å². The van der Waals surface area contributed by atoms with Crippen molar-refractivity contribution in [1.29, 1.82) is 0 Å². The minimum absolute atomic E-state index is 0.130. The number of nitrogens with zero attached hydrogens (tertiary/aromatic N) is 2. The smallest absolute Gasteiger partial charge is 0.325 e. The molecular weight excluding hydrogens is 320 g/mol. The molecule has 0 N–H and O–H groups in total. The van der Waals surface area contributed by atoms with Gasteiger partial charge < -0.3 is 4.74 Å². The van der Waals surface area contributed by atoms with E-state index in [1.165, 1.54) is 17.9 Å². The van der Waals surface area contributed by atoms with Crippen molar-refractivity contribution in [2.75, 3.05) is 7.11 Å². The van der Waals surface area contributed by atoms with Gasteiger partial charge in [-0.2, -0.15) is 0 Å². The van der Waals surface area contributed by atoms with Crippen molar-refractivity contribution in [2.24, 2.45) is 0 Å². The van der Waals surface area contributed by atoms with Gasteiger partial charge in [0.2, 0.25) is 0 Å². The summed E-state index contributed by atoms with van der Waals surface area (Å²) in [6.45, 7) is -0.130. The summed E-state index contributed by atoms with van der Waals surface area (Å²) in [4.78, 5) is 26.1. The maximum absolute atomic E-state index is 11.4. The molecule has 1 heterocycles. The molecule has 1 aromatic rings. The first-order chi connectivity index (χ1) is 6.54. The van der Waals surface area contributed by atoms with Crippen LogP contribution in [0.1, 0.15) is 0 Å². The van der Waals surface area contributed by atoms with Crippen molar-refractivity contribution < 1.29 is 9.53 Å². The van der Waals surface area contributed by atoms with Crippen LogP contribution in [0.3, 0.4) is 0 Å². The fraction of sp³-hybridized carbons (Fsp3) is 0.286.